The van der Waals surface area contributed by atoms with Gasteiger partial charge in [0.25, 0.3) is 0 Å². The maximum absolute atomic E-state index is 11.3. The molecule has 0 radical (unpaired) electrons. The first kappa shape index (κ1) is 20.1. The molecule has 0 spiro atoms. The van der Waals surface area contributed by atoms with Crippen LogP contribution in [0.1, 0.15) is 52.4 Å². The second-order valence-corrected chi connectivity index (χ2v) is 4.80. The van der Waals surface area contributed by atoms with E-state index in [-0.39, 0.29) is 31.8 Å². The summed E-state index contributed by atoms with van der Waals surface area (Å²) in [5, 5.41) is 0. The maximum atomic E-state index is 11.3. The van der Waals surface area contributed by atoms with Crippen LogP contribution in [0.4, 0.5) is 0 Å². The van der Waals surface area contributed by atoms with Crippen LogP contribution in [0, 0.1) is 0 Å². The molecule has 0 bridgehead atoms. The van der Waals surface area contributed by atoms with Gasteiger partial charge in [0.05, 0.1) is 6.61 Å². The van der Waals surface area contributed by atoms with Crippen molar-refractivity contribution in [1.82, 2.24) is 0 Å². The largest absolute Gasteiger partial charge is 0.463 e. The van der Waals surface area contributed by atoms with Crippen LogP contribution in [0.15, 0.2) is 0 Å². The van der Waals surface area contributed by atoms with Gasteiger partial charge in [0.2, 0.25) is 0 Å². The number of carbonyl (C=O) groups excluding carboxylic acids is 4. The number of ether oxygens (including phenoxy) is 3. The summed E-state index contributed by atoms with van der Waals surface area (Å²) in [5.41, 5.74) is 0. The first-order chi connectivity index (χ1) is 10.5. The van der Waals surface area contributed by atoms with Crippen molar-refractivity contribution >= 4 is 23.7 Å². The molecule has 7 heteroatoms. The van der Waals surface area contributed by atoms with Crippen molar-refractivity contribution in [2.24, 2.45) is 0 Å². The van der Waals surface area contributed by atoms with Gasteiger partial charge in [0, 0.05) is 12.8 Å². The fourth-order valence-corrected chi connectivity index (χ4v) is 1.44. The van der Waals surface area contributed by atoms with Gasteiger partial charge in [-0.1, -0.05) is 13.3 Å². The van der Waals surface area contributed by atoms with Gasteiger partial charge in [-0.25, -0.2) is 4.79 Å². The molecule has 0 aromatic carbocycles. The van der Waals surface area contributed by atoms with E-state index in [2.05, 4.69) is 0 Å². The zero-order valence-corrected chi connectivity index (χ0v) is 13.2. The van der Waals surface area contributed by atoms with Crippen LogP contribution in [0.5, 0.6) is 0 Å². The molecule has 0 unspecified atom stereocenters. The highest BCUT2D eigenvalue weighted by Gasteiger charge is 2.09. The van der Waals surface area contributed by atoms with Gasteiger partial charge in [-0.3, -0.25) is 14.4 Å². The molecule has 0 saturated heterocycles. The first-order valence-electron chi connectivity index (χ1n) is 7.42. The highest BCUT2D eigenvalue weighted by molar-refractivity contribution is 5.80. The van der Waals surface area contributed by atoms with E-state index in [0.29, 0.717) is 32.3 Å². The van der Waals surface area contributed by atoms with Crippen LogP contribution >= 0.6 is 0 Å². The molecule has 0 aliphatic heterocycles. The molecule has 0 aliphatic rings. The smallest absolute Gasteiger partial charge is 0.344 e. The summed E-state index contributed by atoms with van der Waals surface area (Å²) >= 11 is 0. The predicted molar refractivity (Wildman–Crippen MR) is 76.9 cm³/mol. The first-order valence-corrected chi connectivity index (χ1v) is 7.42. The van der Waals surface area contributed by atoms with Gasteiger partial charge in [0.1, 0.15) is 6.61 Å². The second kappa shape index (κ2) is 12.8. The molecule has 126 valence electrons. The quantitative estimate of drug-likeness (QED) is 0.306. The Bertz CT molecular complexity index is 376. The van der Waals surface area contributed by atoms with Crippen molar-refractivity contribution < 1.29 is 33.4 Å². The summed E-state index contributed by atoms with van der Waals surface area (Å²) in [6, 6.07) is 0. The van der Waals surface area contributed by atoms with Gasteiger partial charge in [0.15, 0.2) is 12.4 Å². The molecule has 0 N–H and O–H groups in total. The Morgan fingerprint density at radius 1 is 0.727 bits per heavy atom. The van der Waals surface area contributed by atoms with Crippen molar-refractivity contribution in [3.8, 4) is 0 Å². The van der Waals surface area contributed by atoms with Crippen molar-refractivity contribution in [1.29, 1.82) is 0 Å². The zero-order chi connectivity index (χ0) is 16.8. The summed E-state index contributed by atoms with van der Waals surface area (Å²) in [6.45, 7) is 2.97. The van der Waals surface area contributed by atoms with E-state index < -0.39 is 17.9 Å². The number of rotatable bonds is 12. The standard InChI is InChI=1S/C15H24O7/c1-3-9-20-15(19)11-22-14(18)8-6-4-5-7-13(17)21-10-12(2)16/h3-11H2,1-2H3. The predicted octanol–water partition coefficient (Wildman–Crippen LogP) is 1.57. The van der Waals surface area contributed by atoms with E-state index in [1.807, 2.05) is 6.92 Å². The van der Waals surface area contributed by atoms with E-state index in [1.54, 1.807) is 0 Å². The van der Waals surface area contributed by atoms with Crippen LogP contribution < -0.4 is 0 Å². The lowest BCUT2D eigenvalue weighted by Crippen LogP contribution is -2.16. The average Bonchev–Trinajstić information content (AvgIpc) is 2.48. The fraction of sp³-hybridized carbons (Fsp3) is 0.733. The molecule has 0 atom stereocenters. The molecular formula is C15H24O7. The van der Waals surface area contributed by atoms with Crippen molar-refractivity contribution in [3.05, 3.63) is 0 Å². The van der Waals surface area contributed by atoms with Crippen LogP contribution in [0.3, 0.4) is 0 Å². The highest BCUT2D eigenvalue weighted by Crippen LogP contribution is 2.05. The molecule has 0 aromatic rings. The number of unbranched alkanes of at least 4 members (excludes halogenated alkanes) is 2. The van der Waals surface area contributed by atoms with Gasteiger partial charge >= 0.3 is 17.9 Å². The minimum absolute atomic E-state index is 0.184. The lowest BCUT2D eigenvalue weighted by atomic mass is 10.1. The monoisotopic (exact) mass is 316 g/mol. The minimum atomic E-state index is -0.552. The molecular weight excluding hydrogens is 292 g/mol. The lowest BCUT2D eigenvalue weighted by Gasteiger charge is -2.05. The molecule has 0 aromatic heterocycles. The average molecular weight is 316 g/mol. The Labute approximate surface area is 130 Å². The third-order valence-electron chi connectivity index (χ3n) is 2.52. The summed E-state index contributed by atoms with van der Waals surface area (Å²) in [7, 11) is 0. The van der Waals surface area contributed by atoms with Crippen LogP contribution in [-0.4, -0.2) is 43.5 Å². The molecule has 0 amide bonds. The van der Waals surface area contributed by atoms with Crippen LogP contribution in [0.2, 0.25) is 0 Å². The zero-order valence-electron chi connectivity index (χ0n) is 13.2. The Kier molecular flexibility index (Phi) is 11.7. The SMILES string of the molecule is CCCOC(=O)COC(=O)CCCCCC(=O)OCC(C)=O. The van der Waals surface area contributed by atoms with E-state index in [1.165, 1.54) is 6.92 Å². The lowest BCUT2D eigenvalue weighted by molar-refractivity contribution is -0.158. The topological polar surface area (TPSA) is 96.0 Å². The maximum Gasteiger partial charge on any atom is 0.344 e. The number of ketones is 1. The van der Waals surface area contributed by atoms with Crippen LogP contribution in [0.25, 0.3) is 0 Å². The summed E-state index contributed by atoms with van der Waals surface area (Å²) in [6.07, 6.45) is 2.90. The van der Waals surface area contributed by atoms with E-state index in [9.17, 15) is 19.2 Å². The molecule has 0 saturated carbocycles. The van der Waals surface area contributed by atoms with Gasteiger partial charge in [-0.15, -0.1) is 0 Å². The number of hydrogen-bond donors (Lipinski definition) is 0. The van der Waals surface area contributed by atoms with Crippen molar-refractivity contribution in [2.75, 3.05) is 19.8 Å². The van der Waals surface area contributed by atoms with E-state index in [4.69, 9.17) is 14.2 Å². The number of hydrogen-bond acceptors (Lipinski definition) is 7. The second-order valence-electron chi connectivity index (χ2n) is 4.80. The Morgan fingerprint density at radius 2 is 1.27 bits per heavy atom. The number of Topliss-reactive ketones (excluding diaryl/α,β-unsaturated/α-hetero) is 1. The Hall–Kier alpha value is -1.92. The van der Waals surface area contributed by atoms with Gasteiger partial charge in [-0.2, -0.15) is 0 Å². The summed E-state index contributed by atoms with van der Waals surface area (Å²) in [5.74, 6) is -1.64. The molecule has 7 nitrogen and oxygen atoms in total. The Balaban J connectivity index is 3.50. The number of esters is 3. The number of carbonyl (C=O) groups is 4. The van der Waals surface area contributed by atoms with Crippen molar-refractivity contribution in [3.63, 3.8) is 0 Å². The third kappa shape index (κ3) is 13.1. The normalized spacial score (nSPS) is 9.91. The summed E-state index contributed by atoms with van der Waals surface area (Å²) in [4.78, 5) is 44.2. The molecule has 22 heavy (non-hydrogen) atoms. The van der Waals surface area contributed by atoms with E-state index >= 15 is 0 Å². The van der Waals surface area contributed by atoms with Crippen LogP contribution in [-0.2, 0) is 33.4 Å². The Morgan fingerprint density at radius 3 is 1.77 bits per heavy atom. The fourth-order valence-electron chi connectivity index (χ4n) is 1.44. The molecule has 0 rings (SSSR count). The van der Waals surface area contributed by atoms with Gasteiger partial charge in [-0.05, 0) is 26.2 Å². The molecule has 0 heterocycles. The third-order valence-corrected chi connectivity index (χ3v) is 2.52. The van der Waals surface area contributed by atoms with Gasteiger partial charge < -0.3 is 14.2 Å². The molecule has 0 aliphatic carbocycles. The minimum Gasteiger partial charge on any atom is -0.463 e. The molecule has 0 fully saturated rings. The summed E-state index contributed by atoms with van der Waals surface area (Å²) < 4.78 is 14.2. The highest BCUT2D eigenvalue weighted by atomic mass is 16.6. The van der Waals surface area contributed by atoms with Crippen molar-refractivity contribution in [2.45, 2.75) is 52.4 Å². The van der Waals surface area contributed by atoms with E-state index in [0.717, 1.165) is 0 Å².